The number of benzene rings is 1. The van der Waals surface area contributed by atoms with Crippen LogP contribution in [0.25, 0.3) is 0 Å². The van der Waals surface area contributed by atoms with E-state index in [9.17, 15) is 9.18 Å². The van der Waals surface area contributed by atoms with Crippen LogP contribution in [0.5, 0.6) is 0 Å². The molecule has 0 bridgehead atoms. The van der Waals surface area contributed by atoms with Crippen LogP contribution in [0.3, 0.4) is 0 Å². The first-order chi connectivity index (χ1) is 8.06. The molecule has 4 heteroatoms. The van der Waals surface area contributed by atoms with Crippen molar-refractivity contribution in [2.45, 2.75) is 19.4 Å². The van der Waals surface area contributed by atoms with Gasteiger partial charge in [0, 0.05) is 12.6 Å². The summed E-state index contributed by atoms with van der Waals surface area (Å²) in [5.74, 6) is -0.652. The Morgan fingerprint density at radius 2 is 2.35 bits per heavy atom. The molecule has 1 saturated heterocycles. The summed E-state index contributed by atoms with van der Waals surface area (Å²) in [6, 6.07) is 6.46. The molecule has 1 N–H and O–H groups in total. The molecule has 0 amide bonds. The maximum Gasteiger partial charge on any atom is 0.317 e. The first-order valence-corrected chi connectivity index (χ1v) is 5.77. The molecule has 0 radical (unpaired) electrons. The predicted molar refractivity (Wildman–Crippen MR) is 62.1 cm³/mol. The minimum Gasteiger partial charge on any atom is -0.480 e. The van der Waals surface area contributed by atoms with E-state index in [2.05, 4.69) is 6.92 Å². The SMILES string of the molecule is C[C@H]1C[C@H](c2cccc(F)c2)N(CC(=O)O)C1. The number of nitrogens with zero attached hydrogens (tertiary/aromatic N) is 1. The summed E-state index contributed by atoms with van der Waals surface area (Å²) < 4.78 is 13.2. The van der Waals surface area contributed by atoms with Crippen LogP contribution in [0.4, 0.5) is 4.39 Å². The van der Waals surface area contributed by atoms with E-state index >= 15 is 0 Å². The molecule has 17 heavy (non-hydrogen) atoms. The highest BCUT2D eigenvalue weighted by atomic mass is 19.1. The van der Waals surface area contributed by atoms with E-state index in [1.54, 1.807) is 6.07 Å². The first kappa shape index (κ1) is 12.0. The van der Waals surface area contributed by atoms with Crippen molar-refractivity contribution in [3.63, 3.8) is 0 Å². The zero-order valence-electron chi connectivity index (χ0n) is 9.77. The van der Waals surface area contributed by atoms with Gasteiger partial charge in [0.2, 0.25) is 0 Å². The Hall–Kier alpha value is -1.42. The molecule has 2 rings (SSSR count). The number of carboxylic acid groups (broad SMARTS) is 1. The molecule has 1 fully saturated rings. The summed E-state index contributed by atoms with van der Waals surface area (Å²) in [6.45, 7) is 2.87. The van der Waals surface area contributed by atoms with Crippen molar-refractivity contribution in [2.24, 2.45) is 5.92 Å². The van der Waals surface area contributed by atoms with Gasteiger partial charge >= 0.3 is 5.97 Å². The van der Waals surface area contributed by atoms with Crippen molar-refractivity contribution in [1.29, 1.82) is 0 Å². The number of hydrogen-bond donors (Lipinski definition) is 1. The fraction of sp³-hybridized carbons (Fsp3) is 0.462. The summed E-state index contributed by atoms with van der Waals surface area (Å²) in [6.07, 6.45) is 0.886. The highest BCUT2D eigenvalue weighted by molar-refractivity contribution is 5.69. The third-order valence-corrected chi connectivity index (χ3v) is 3.18. The molecule has 0 unspecified atom stereocenters. The summed E-state index contributed by atoms with van der Waals surface area (Å²) >= 11 is 0. The van der Waals surface area contributed by atoms with Crippen molar-refractivity contribution in [2.75, 3.05) is 13.1 Å². The molecule has 2 atom stereocenters. The Morgan fingerprint density at radius 1 is 1.59 bits per heavy atom. The monoisotopic (exact) mass is 237 g/mol. The number of likely N-dealkylation sites (tertiary alicyclic amines) is 1. The highest BCUT2D eigenvalue weighted by Gasteiger charge is 2.31. The van der Waals surface area contributed by atoms with E-state index in [1.807, 2.05) is 11.0 Å². The van der Waals surface area contributed by atoms with E-state index in [0.29, 0.717) is 5.92 Å². The smallest absolute Gasteiger partial charge is 0.317 e. The predicted octanol–water partition coefficient (Wildman–Crippen LogP) is 2.29. The number of hydrogen-bond acceptors (Lipinski definition) is 2. The minimum absolute atomic E-state index is 0.0194. The quantitative estimate of drug-likeness (QED) is 0.876. The van der Waals surface area contributed by atoms with Crippen LogP contribution in [0.1, 0.15) is 24.9 Å². The first-order valence-electron chi connectivity index (χ1n) is 5.77. The second-order valence-corrected chi connectivity index (χ2v) is 4.73. The van der Waals surface area contributed by atoms with Gasteiger partial charge < -0.3 is 5.11 Å². The van der Waals surface area contributed by atoms with Crippen molar-refractivity contribution < 1.29 is 14.3 Å². The van der Waals surface area contributed by atoms with Crippen molar-refractivity contribution in [3.05, 3.63) is 35.6 Å². The molecule has 1 aliphatic rings. The van der Waals surface area contributed by atoms with Gasteiger partial charge in [0.1, 0.15) is 5.82 Å². The lowest BCUT2D eigenvalue weighted by Crippen LogP contribution is -2.29. The largest absolute Gasteiger partial charge is 0.480 e. The Balaban J connectivity index is 2.20. The van der Waals surface area contributed by atoms with E-state index in [1.165, 1.54) is 12.1 Å². The second kappa shape index (κ2) is 4.84. The Morgan fingerprint density at radius 3 is 3.00 bits per heavy atom. The zero-order chi connectivity index (χ0) is 12.4. The van der Waals surface area contributed by atoms with Crippen LogP contribution in [0, 0.1) is 11.7 Å². The van der Waals surface area contributed by atoms with E-state index in [-0.39, 0.29) is 18.4 Å². The van der Waals surface area contributed by atoms with Gasteiger partial charge in [0.05, 0.1) is 6.54 Å². The molecule has 0 aliphatic carbocycles. The second-order valence-electron chi connectivity index (χ2n) is 4.73. The van der Waals surface area contributed by atoms with Crippen molar-refractivity contribution in [3.8, 4) is 0 Å². The average Bonchev–Trinajstić information content (AvgIpc) is 2.58. The van der Waals surface area contributed by atoms with E-state index in [0.717, 1.165) is 18.5 Å². The molecule has 1 aliphatic heterocycles. The molecule has 0 saturated carbocycles. The van der Waals surface area contributed by atoms with Gasteiger partial charge in [-0.2, -0.15) is 0 Å². The topological polar surface area (TPSA) is 40.5 Å². The Kier molecular flexibility index (Phi) is 3.43. The van der Waals surface area contributed by atoms with Gasteiger partial charge in [0.25, 0.3) is 0 Å². The lowest BCUT2D eigenvalue weighted by Gasteiger charge is -2.22. The van der Waals surface area contributed by atoms with Crippen LogP contribution >= 0.6 is 0 Å². The molecule has 3 nitrogen and oxygen atoms in total. The normalized spacial score (nSPS) is 25.1. The Bertz CT molecular complexity index is 422. The fourth-order valence-electron chi connectivity index (χ4n) is 2.54. The summed E-state index contributed by atoms with van der Waals surface area (Å²) in [5, 5.41) is 8.86. The number of halogens is 1. The van der Waals surface area contributed by atoms with Crippen LogP contribution in [0.15, 0.2) is 24.3 Å². The number of carboxylic acids is 1. The third-order valence-electron chi connectivity index (χ3n) is 3.18. The fourth-order valence-corrected chi connectivity index (χ4v) is 2.54. The van der Waals surface area contributed by atoms with Crippen LogP contribution in [-0.2, 0) is 4.79 Å². The maximum atomic E-state index is 13.2. The molecule has 1 aromatic carbocycles. The van der Waals surface area contributed by atoms with Crippen molar-refractivity contribution >= 4 is 5.97 Å². The Labute approximate surface area is 99.9 Å². The minimum atomic E-state index is -0.833. The standard InChI is InChI=1S/C13H16FNO2/c1-9-5-12(15(7-9)8-13(16)17)10-3-2-4-11(14)6-10/h2-4,6,9,12H,5,7-8H2,1H3,(H,16,17)/t9-,12+/m0/s1. The molecule has 1 aromatic rings. The number of carbonyl (C=O) groups is 1. The zero-order valence-corrected chi connectivity index (χ0v) is 9.77. The van der Waals surface area contributed by atoms with Gasteiger partial charge in [-0.05, 0) is 30.0 Å². The lowest BCUT2D eigenvalue weighted by molar-refractivity contribution is -0.138. The van der Waals surface area contributed by atoms with E-state index in [4.69, 9.17) is 5.11 Å². The third kappa shape index (κ3) is 2.82. The number of rotatable bonds is 3. The molecular weight excluding hydrogens is 221 g/mol. The summed E-state index contributed by atoms with van der Waals surface area (Å²) in [7, 11) is 0. The van der Waals surface area contributed by atoms with Gasteiger partial charge in [0.15, 0.2) is 0 Å². The molecule has 1 heterocycles. The van der Waals surface area contributed by atoms with E-state index < -0.39 is 5.97 Å². The summed E-state index contributed by atoms with van der Waals surface area (Å²) in [4.78, 5) is 12.7. The maximum absolute atomic E-state index is 13.2. The van der Waals surface area contributed by atoms with Gasteiger partial charge in [-0.15, -0.1) is 0 Å². The van der Waals surface area contributed by atoms with Crippen LogP contribution in [0.2, 0.25) is 0 Å². The van der Waals surface area contributed by atoms with Gasteiger partial charge in [-0.25, -0.2) is 4.39 Å². The molecule has 0 aromatic heterocycles. The highest BCUT2D eigenvalue weighted by Crippen LogP contribution is 2.34. The molecule has 92 valence electrons. The molecular formula is C13H16FNO2. The lowest BCUT2D eigenvalue weighted by atomic mass is 10.0. The van der Waals surface area contributed by atoms with Gasteiger partial charge in [-0.1, -0.05) is 19.1 Å². The van der Waals surface area contributed by atoms with Crippen LogP contribution < -0.4 is 0 Å². The number of aliphatic carboxylic acids is 1. The summed E-state index contributed by atoms with van der Waals surface area (Å²) in [5.41, 5.74) is 0.871. The van der Waals surface area contributed by atoms with Crippen molar-refractivity contribution in [1.82, 2.24) is 4.90 Å². The van der Waals surface area contributed by atoms with Gasteiger partial charge in [-0.3, -0.25) is 9.69 Å². The average molecular weight is 237 g/mol. The molecule has 0 spiro atoms. The van der Waals surface area contributed by atoms with Crippen LogP contribution in [-0.4, -0.2) is 29.1 Å².